The molecule has 0 saturated carbocycles. The molecular weight excluding hydrogens is 375 g/mol. The van der Waals surface area contributed by atoms with Crippen LogP contribution in [0.15, 0.2) is 30.3 Å². The van der Waals surface area contributed by atoms with E-state index in [-0.39, 0.29) is 46.3 Å². The number of amides is 1. The Bertz CT molecular complexity index is 794. The number of hydrogen-bond acceptors (Lipinski definition) is 4. The minimum Gasteiger partial charge on any atom is -0.508 e. The summed E-state index contributed by atoms with van der Waals surface area (Å²) in [5.41, 5.74) is 2.99. The van der Waals surface area contributed by atoms with Crippen molar-refractivity contribution in [3.8, 4) is 11.5 Å². The molecule has 1 atom stereocenters. The molecule has 4 N–H and O–H groups in total. The van der Waals surface area contributed by atoms with Crippen molar-refractivity contribution in [3.63, 3.8) is 0 Å². The summed E-state index contributed by atoms with van der Waals surface area (Å²) in [6.45, 7) is 3.72. The number of phenolic OH excluding ortho intramolecular Hbond substituents is 2. The van der Waals surface area contributed by atoms with Crippen molar-refractivity contribution in [2.75, 3.05) is 19.6 Å². The molecule has 0 fully saturated rings. The van der Waals surface area contributed by atoms with Crippen molar-refractivity contribution in [3.05, 3.63) is 57.6 Å². The first-order valence-corrected chi connectivity index (χ1v) is 8.72. The Labute approximate surface area is 163 Å². The van der Waals surface area contributed by atoms with Crippen molar-refractivity contribution in [1.82, 2.24) is 10.6 Å². The molecule has 5 nitrogen and oxygen atoms in total. The highest BCUT2D eigenvalue weighted by Gasteiger charge is 2.27. The highest BCUT2D eigenvalue weighted by atomic mass is 35.5. The van der Waals surface area contributed by atoms with E-state index in [1.54, 1.807) is 18.2 Å². The van der Waals surface area contributed by atoms with Gasteiger partial charge in [-0.3, -0.25) is 4.79 Å². The van der Waals surface area contributed by atoms with Crippen LogP contribution in [0.2, 0.25) is 5.02 Å². The van der Waals surface area contributed by atoms with Gasteiger partial charge >= 0.3 is 0 Å². The van der Waals surface area contributed by atoms with E-state index in [1.165, 1.54) is 0 Å². The number of carbonyl (C=O) groups is 1. The van der Waals surface area contributed by atoms with Crippen LogP contribution in [0, 0.1) is 0 Å². The average Bonchev–Trinajstić information content (AvgIpc) is 2.81. The van der Waals surface area contributed by atoms with Crippen LogP contribution in [-0.4, -0.2) is 35.8 Å². The zero-order valence-electron chi connectivity index (χ0n) is 14.4. The van der Waals surface area contributed by atoms with Gasteiger partial charge in [0.2, 0.25) is 0 Å². The normalized spacial score (nSPS) is 16.2. The van der Waals surface area contributed by atoms with E-state index in [0.29, 0.717) is 19.5 Å². The summed E-state index contributed by atoms with van der Waals surface area (Å²) >= 11 is 6.41. The van der Waals surface area contributed by atoms with Crippen molar-refractivity contribution >= 4 is 29.9 Å². The second-order valence-corrected chi connectivity index (χ2v) is 6.49. The summed E-state index contributed by atoms with van der Waals surface area (Å²) in [5.74, 6) is -0.328. The maximum absolute atomic E-state index is 12.3. The fourth-order valence-electron chi connectivity index (χ4n) is 3.27. The lowest BCUT2D eigenvalue weighted by atomic mass is 9.86. The Morgan fingerprint density at radius 2 is 2.00 bits per heavy atom. The van der Waals surface area contributed by atoms with Gasteiger partial charge in [0.25, 0.3) is 5.91 Å². The van der Waals surface area contributed by atoms with Gasteiger partial charge in [0.1, 0.15) is 11.5 Å². The van der Waals surface area contributed by atoms with E-state index >= 15 is 0 Å². The Balaban J connectivity index is 0.00000243. The zero-order chi connectivity index (χ0) is 18.0. The largest absolute Gasteiger partial charge is 0.508 e. The fraction of sp³-hybridized carbons (Fsp3) is 0.316. The predicted octanol–water partition coefficient (Wildman–Crippen LogP) is 3.20. The first-order valence-electron chi connectivity index (χ1n) is 8.35. The van der Waals surface area contributed by atoms with E-state index in [1.807, 2.05) is 19.1 Å². The summed E-state index contributed by atoms with van der Waals surface area (Å²) in [5, 5.41) is 26.3. The molecule has 1 heterocycles. The Kier molecular flexibility index (Phi) is 6.75. The van der Waals surface area contributed by atoms with E-state index in [2.05, 4.69) is 10.6 Å². The molecule has 1 amide bonds. The number of fused-ring (bicyclic) bond motifs is 1. The van der Waals surface area contributed by atoms with Crippen LogP contribution in [-0.2, 0) is 6.42 Å². The van der Waals surface area contributed by atoms with Gasteiger partial charge in [-0.05, 0) is 54.8 Å². The number of halogens is 2. The maximum Gasteiger partial charge on any atom is 0.255 e. The molecule has 3 rings (SSSR count). The maximum atomic E-state index is 12.3. The standard InChI is InChI=1S/C19H21ClN2O3.ClH/c1-2-22-19(25)15-9-14-13(17(20)18(15)24)7-8-21-10-16(14)11-3-5-12(23)6-4-11;/h3-6,9,16,21,23-24H,2,7-8,10H2,1H3,(H,22,25);1H. The number of hydrogen-bond donors (Lipinski definition) is 4. The van der Waals surface area contributed by atoms with E-state index in [4.69, 9.17) is 11.6 Å². The van der Waals surface area contributed by atoms with E-state index < -0.39 is 0 Å². The molecule has 0 bridgehead atoms. The van der Waals surface area contributed by atoms with Crippen molar-refractivity contribution in [1.29, 1.82) is 0 Å². The highest BCUT2D eigenvalue weighted by molar-refractivity contribution is 6.33. The Morgan fingerprint density at radius 3 is 2.65 bits per heavy atom. The van der Waals surface area contributed by atoms with Crippen LogP contribution in [0.1, 0.15) is 39.9 Å². The SMILES string of the molecule is CCNC(=O)c1cc2c(c(Cl)c1O)CCNCC2c1ccc(O)cc1.Cl. The Morgan fingerprint density at radius 1 is 1.31 bits per heavy atom. The van der Waals surface area contributed by atoms with Gasteiger partial charge in [0, 0.05) is 19.0 Å². The molecule has 0 radical (unpaired) electrons. The van der Waals surface area contributed by atoms with Gasteiger partial charge in [-0.1, -0.05) is 23.7 Å². The van der Waals surface area contributed by atoms with Crippen molar-refractivity contribution < 1.29 is 15.0 Å². The number of nitrogens with one attached hydrogen (secondary N) is 2. The predicted molar refractivity (Wildman–Crippen MR) is 105 cm³/mol. The molecular formula is C19H22Cl2N2O3. The number of benzene rings is 2. The molecule has 0 saturated heterocycles. The van der Waals surface area contributed by atoms with Gasteiger partial charge in [-0.25, -0.2) is 0 Å². The number of rotatable bonds is 3. The number of aromatic hydroxyl groups is 2. The molecule has 1 aliphatic heterocycles. The number of phenols is 2. The van der Waals surface area contributed by atoms with Crippen molar-refractivity contribution in [2.45, 2.75) is 19.3 Å². The average molecular weight is 397 g/mol. The van der Waals surface area contributed by atoms with Gasteiger partial charge in [-0.15, -0.1) is 12.4 Å². The second-order valence-electron chi connectivity index (χ2n) is 6.11. The smallest absolute Gasteiger partial charge is 0.255 e. The van der Waals surface area contributed by atoms with Gasteiger partial charge < -0.3 is 20.8 Å². The third-order valence-corrected chi connectivity index (χ3v) is 4.94. The summed E-state index contributed by atoms with van der Waals surface area (Å²) in [7, 11) is 0. The topological polar surface area (TPSA) is 81.6 Å². The zero-order valence-corrected chi connectivity index (χ0v) is 16.0. The Hall–Kier alpha value is -1.95. The quantitative estimate of drug-likeness (QED) is 0.641. The van der Waals surface area contributed by atoms with Crippen LogP contribution in [0.25, 0.3) is 0 Å². The molecule has 26 heavy (non-hydrogen) atoms. The molecule has 0 aromatic heterocycles. The number of carbonyl (C=O) groups excluding carboxylic acids is 1. The summed E-state index contributed by atoms with van der Waals surface area (Å²) in [6, 6.07) is 8.76. The first kappa shape index (κ1) is 20.4. The molecule has 0 spiro atoms. The first-order chi connectivity index (χ1) is 12.0. The molecule has 140 valence electrons. The lowest BCUT2D eigenvalue weighted by Gasteiger charge is -2.21. The van der Waals surface area contributed by atoms with Crippen LogP contribution in [0.5, 0.6) is 11.5 Å². The van der Waals surface area contributed by atoms with Crippen LogP contribution < -0.4 is 10.6 Å². The van der Waals surface area contributed by atoms with Gasteiger partial charge in [-0.2, -0.15) is 0 Å². The minimum absolute atomic E-state index is 0. The third kappa shape index (κ3) is 3.90. The lowest BCUT2D eigenvalue weighted by Crippen LogP contribution is -2.24. The van der Waals surface area contributed by atoms with E-state index in [9.17, 15) is 15.0 Å². The summed E-state index contributed by atoms with van der Waals surface area (Å²) in [4.78, 5) is 12.3. The molecule has 7 heteroatoms. The summed E-state index contributed by atoms with van der Waals surface area (Å²) < 4.78 is 0. The molecule has 0 aliphatic carbocycles. The minimum atomic E-state index is -0.341. The van der Waals surface area contributed by atoms with Crippen molar-refractivity contribution in [2.24, 2.45) is 0 Å². The molecule has 2 aromatic carbocycles. The lowest BCUT2D eigenvalue weighted by molar-refractivity contribution is 0.0953. The molecule has 1 aliphatic rings. The van der Waals surface area contributed by atoms with Crippen LogP contribution in [0.4, 0.5) is 0 Å². The van der Waals surface area contributed by atoms with E-state index in [0.717, 1.165) is 23.2 Å². The van der Waals surface area contributed by atoms with Gasteiger partial charge in [0.05, 0.1) is 10.6 Å². The highest BCUT2D eigenvalue weighted by Crippen LogP contribution is 2.40. The summed E-state index contributed by atoms with van der Waals surface area (Å²) in [6.07, 6.45) is 0.673. The fourth-order valence-corrected chi connectivity index (χ4v) is 3.57. The monoisotopic (exact) mass is 396 g/mol. The third-order valence-electron chi connectivity index (χ3n) is 4.53. The van der Waals surface area contributed by atoms with Gasteiger partial charge in [0.15, 0.2) is 0 Å². The second kappa shape index (κ2) is 8.62. The molecule has 2 aromatic rings. The van der Waals surface area contributed by atoms with Crippen LogP contribution >= 0.6 is 24.0 Å². The molecule has 1 unspecified atom stereocenters. The van der Waals surface area contributed by atoms with Crippen LogP contribution in [0.3, 0.4) is 0 Å².